The van der Waals surface area contributed by atoms with Gasteiger partial charge in [-0.25, -0.2) is 0 Å². The van der Waals surface area contributed by atoms with Crippen molar-refractivity contribution in [1.29, 1.82) is 0 Å². The van der Waals surface area contributed by atoms with Gasteiger partial charge in [0.2, 0.25) is 0 Å². The van der Waals surface area contributed by atoms with E-state index in [1.165, 1.54) is 305 Å². The zero-order valence-corrected chi connectivity index (χ0v) is 44.7. The first-order valence-corrected chi connectivity index (χ1v) is 30.0. The second-order valence-electron chi connectivity index (χ2n) is 20.8. The summed E-state index contributed by atoms with van der Waals surface area (Å²) in [6, 6.07) is 16.4. The summed E-state index contributed by atoms with van der Waals surface area (Å²) in [5.74, 6) is 2.22. The molecule has 0 atom stereocenters. The van der Waals surface area contributed by atoms with Crippen molar-refractivity contribution in [3.63, 3.8) is 0 Å². The second kappa shape index (κ2) is 46.0. The zero-order valence-electron chi connectivity index (χ0n) is 44.7. The number of aryl methyl sites for hydroxylation is 2. The fraction of sp³-hybridized carbons (Fsp3) is 0.812. The van der Waals surface area contributed by atoms with E-state index in [9.17, 15) is 0 Å². The van der Waals surface area contributed by atoms with Crippen molar-refractivity contribution in [2.45, 2.75) is 336 Å². The summed E-state index contributed by atoms with van der Waals surface area (Å²) < 4.78 is 7.20. The van der Waals surface area contributed by atoms with Gasteiger partial charge in [0.25, 0.3) is 0 Å². The van der Waals surface area contributed by atoms with Crippen molar-refractivity contribution in [1.82, 2.24) is 0 Å². The Morgan fingerprint density at radius 2 is 0.462 bits per heavy atom. The van der Waals surface area contributed by atoms with Gasteiger partial charge in [0.1, 0.15) is 11.5 Å². The van der Waals surface area contributed by atoms with Crippen LogP contribution in [-0.2, 0) is 25.7 Å². The van der Waals surface area contributed by atoms with E-state index in [-0.39, 0.29) is 0 Å². The van der Waals surface area contributed by atoms with Gasteiger partial charge in [0.05, 0.1) is 0 Å². The first kappa shape index (κ1) is 59.4. The quantitative estimate of drug-likeness (QED) is 0.0601. The van der Waals surface area contributed by atoms with Crippen LogP contribution in [0.2, 0.25) is 0 Å². The maximum absolute atomic E-state index is 7.20. The van der Waals surface area contributed by atoms with Crippen molar-refractivity contribution < 1.29 is 4.74 Å². The lowest BCUT2D eigenvalue weighted by atomic mass is 9.94. The summed E-state index contributed by atoms with van der Waals surface area (Å²) in [5.41, 5.74) is 5.77. The summed E-state index contributed by atoms with van der Waals surface area (Å²) in [5, 5.41) is 0. The van der Waals surface area contributed by atoms with E-state index in [4.69, 9.17) is 4.74 Å². The molecule has 2 aromatic rings. The van der Waals surface area contributed by atoms with Crippen molar-refractivity contribution >= 4 is 0 Å². The third kappa shape index (κ3) is 33.4. The topological polar surface area (TPSA) is 9.23 Å². The molecule has 2 rings (SSSR count). The average Bonchev–Trinajstić information content (AvgIpc) is 3.32. The molecule has 1 heteroatoms. The third-order valence-electron chi connectivity index (χ3n) is 14.6. The fourth-order valence-electron chi connectivity index (χ4n) is 10.3. The maximum Gasteiger partial charge on any atom is 0.130 e. The van der Waals surface area contributed by atoms with Gasteiger partial charge in [-0.1, -0.05) is 297 Å². The molecule has 0 spiro atoms. The number of hydrogen-bond donors (Lipinski definition) is 0. The van der Waals surface area contributed by atoms with E-state index in [0.29, 0.717) is 0 Å². The van der Waals surface area contributed by atoms with Gasteiger partial charge in [-0.2, -0.15) is 0 Å². The summed E-state index contributed by atoms with van der Waals surface area (Å²) in [6.45, 7) is 9.27. The second-order valence-corrected chi connectivity index (χ2v) is 20.8. The Labute approximate surface area is 409 Å². The number of unbranched alkanes of at least 4 members (excludes halogenated alkanes) is 40. The molecular weight excluding hydrogens is 785 g/mol. The van der Waals surface area contributed by atoms with E-state index in [0.717, 1.165) is 37.2 Å². The van der Waals surface area contributed by atoms with Crippen LogP contribution in [0.15, 0.2) is 24.3 Å². The normalized spacial score (nSPS) is 11.6. The van der Waals surface area contributed by atoms with Crippen LogP contribution in [0.25, 0.3) is 0 Å². The van der Waals surface area contributed by atoms with E-state index < -0.39 is 0 Å². The van der Waals surface area contributed by atoms with Crippen molar-refractivity contribution in [2.75, 3.05) is 0 Å². The zero-order chi connectivity index (χ0) is 46.4. The highest BCUT2D eigenvalue weighted by atomic mass is 16.5. The maximum atomic E-state index is 7.20. The minimum Gasteiger partial charge on any atom is -0.457 e. The first-order valence-electron chi connectivity index (χ1n) is 30.0. The molecular formula is C64H112O. The highest BCUT2D eigenvalue weighted by Gasteiger charge is 2.16. The Hall–Kier alpha value is -1.76. The summed E-state index contributed by atoms with van der Waals surface area (Å²) >= 11 is 0. The van der Waals surface area contributed by atoms with Crippen molar-refractivity contribution in [3.8, 4) is 11.5 Å². The van der Waals surface area contributed by atoms with Gasteiger partial charge in [-0.15, -0.1) is 0 Å². The van der Waals surface area contributed by atoms with Gasteiger partial charge < -0.3 is 4.74 Å². The van der Waals surface area contributed by atoms with Gasteiger partial charge >= 0.3 is 0 Å². The van der Waals surface area contributed by atoms with Crippen LogP contribution in [0.5, 0.6) is 11.5 Å². The van der Waals surface area contributed by atoms with E-state index in [1.807, 2.05) is 0 Å². The molecule has 0 fully saturated rings. The summed E-state index contributed by atoms with van der Waals surface area (Å²) in [4.78, 5) is 0. The fourth-order valence-corrected chi connectivity index (χ4v) is 10.3. The van der Waals surface area contributed by atoms with Crippen LogP contribution in [0.3, 0.4) is 0 Å². The molecule has 2 radical (unpaired) electrons. The molecule has 2 aromatic carbocycles. The molecule has 0 saturated carbocycles. The molecule has 0 heterocycles. The highest BCUT2D eigenvalue weighted by molar-refractivity contribution is 5.47. The van der Waals surface area contributed by atoms with Crippen LogP contribution < -0.4 is 4.74 Å². The SMILES string of the molecule is CCCCCCCCCCCCCc1[c]ccc(Oc2cc[c]c(CCCCCCCCCCCCC)c2CCCCCCCCCCCCC)c1CCCCCCCCCCCCC. The van der Waals surface area contributed by atoms with Crippen LogP contribution in [0.1, 0.15) is 332 Å². The average molecular weight is 898 g/mol. The molecule has 0 saturated heterocycles. The van der Waals surface area contributed by atoms with Gasteiger partial charge in [-0.3, -0.25) is 0 Å². The van der Waals surface area contributed by atoms with Gasteiger partial charge in [0.15, 0.2) is 0 Å². The molecule has 65 heavy (non-hydrogen) atoms. The molecule has 0 aliphatic rings. The predicted molar refractivity (Wildman–Crippen MR) is 291 cm³/mol. The van der Waals surface area contributed by atoms with E-state index in [2.05, 4.69) is 64.1 Å². The monoisotopic (exact) mass is 897 g/mol. The number of benzene rings is 2. The number of hydrogen-bond acceptors (Lipinski definition) is 1. The Morgan fingerprint density at radius 1 is 0.262 bits per heavy atom. The Morgan fingerprint density at radius 3 is 0.692 bits per heavy atom. The first-order chi connectivity index (χ1) is 32.2. The van der Waals surface area contributed by atoms with Crippen LogP contribution in [-0.4, -0.2) is 0 Å². The lowest BCUT2D eigenvalue weighted by Crippen LogP contribution is -2.03. The van der Waals surface area contributed by atoms with Crippen LogP contribution in [0, 0.1) is 12.1 Å². The smallest absolute Gasteiger partial charge is 0.130 e. The summed E-state index contributed by atoms with van der Waals surface area (Å²) in [6.07, 6.45) is 65.6. The van der Waals surface area contributed by atoms with E-state index in [1.54, 1.807) is 0 Å². The highest BCUT2D eigenvalue weighted by Crippen LogP contribution is 2.35. The number of ether oxygens (including phenoxy) is 1. The van der Waals surface area contributed by atoms with Crippen LogP contribution in [0.4, 0.5) is 0 Å². The lowest BCUT2D eigenvalue weighted by molar-refractivity contribution is 0.462. The Balaban J connectivity index is 2.08. The van der Waals surface area contributed by atoms with Crippen LogP contribution >= 0.6 is 0 Å². The minimum atomic E-state index is 1.11. The van der Waals surface area contributed by atoms with E-state index >= 15 is 0 Å². The lowest BCUT2D eigenvalue weighted by Gasteiger charge is -2.19. The molecule has 1 nitrogen and oxygen atoms in total. The molecule has 0 aliphatic carbocycles. The molecule has 0 N–H and O–H groups in total. The van der Waals surface area contributed by atoms with Crippen molar-refractivity contribution in [2.24, 2.45) is 0 Å². The Kier molecular flexibility index (Phi) is 42.0. The molecule has 0 amide bonds. The molecule has 0 aromatic heterocycles. The Bertz CT molecular complexity index is 1180. The van der Waals surface area contributed by atoms with Gasteiger partial charge in [-0.05, 0) is 97.9 Å². The molecule has 374 valence electrons. The molecule has 0 unspecified atom stereocenters. The standard InChI is InChI=1S/C64H112O/c1-5-9-13-17-21-25-29-33-37-41-45-51-59-53-49-57-63(61(59)55-47-43-39-35-31-27-23-19-15-11-7-3)65-64-58-50-54-60(52-46-42-38-34-30-26-22-18-14-10-6-2)62(64)56-48-44-40-36-32-28-24-20-16-12-8-4/h49-50,57-58H,5-48,51-52,55-56H2,1-4H3. The summed E-state index contributed by atoms with van der Waals surface area (Å²) in [7, 11) is 0. The van der Waals surface area contributed by atoms with Gasteiger partial charge in [0, 0.05) is 0 Å². The third-order valence-corrected chi connectivity index (χ3v) is 14.6. The van der Waals surface area contributed by atoms with Crippen molar-refractivity contribution in [3.05, 3.63) is 58.7 Å². The molecule has 0 bridgehead atoms. The predicted octanol–water partition coefficient (Wildman–Crippen LogP) is 22.5. The minimum absolute atomic E-state index is 1.11. The molecule has 0 aliphatic heterocycles. The number of rotatable bonds is 50. The largest absolute Gasteiger partial charge is 0.457 e.